The van der Waals surface area contributed by atoms with E-state index in [1.165, 1.54) is 0 Å². The molecule has 0 aliphatic carbocycles. The van der Waals surface area contributed by atoms with Crippen LogP contribution in [0.1, 0.15) is 55.9 Å². The van der Waals surface area contributed by atoms with Gasteiger partial charge in [-0.2, -0.15) is 13.2 Å². The lowest BCUT2D eigenvalue weighted by Crippen LogP contribution is -2.53. The normalized spacial score (nSPS) is 15.8. The van der Waals surface area contributed by atoms with E-state index in [9.17, 15) is 27.2 Å². The molecule has 0 bridgehead atoms. The number of halogens is 4. The predicted octanol–water partition coefficient (Wildman–Crippen LogP) is 3.82. The fourth-order valence-electron chi connectivity index (χ4n) is 4.13. The van der Waals surface area contributed by atoms with Gasteiger partial charge in [0.2, 0.25) is 5.91 Å². The van der Waals surface area contributed by atoms with Crippen LogP contribution in [0.25, 0.3) is 11.4 Å². The first kappa shape index (κ1) is 26.7. The van der Waals surface area contributed by atoms with Crippen LogP contribution in [-0.2, 0) is 24.1 Å². The van der Waals surface area contributed by atoms with Crippen LogP contribution in [0.2, 0.25) is 0 Å². The number of carbonyl (C=O) groups is 2. The molecule has 1 aromatic heterocycles. The molecule has 0 spiro atoms. The largest absolute Gasteiger partial charge is 0.416 e. The molecule has 11 heteroatoms. The molecule has 0 unspecified atom stereocenters. The van der Waals surface area contributed by atoms with Gasteiger partial charge in [0.25, 0.3) is 5.91 Å². The number of likely N-dealkylation sites (N-methyl/N-ethyl adjacent to an activating group) is 1. The topological polar surface area (TPSA) is 79.3 Å². The number of nitrogens with zero attached hydrogens (tertiary/aromatic N) is 3. The van der Waals surface area contributed by atoms with Crippen LogP contribution >= 0.6 is 0 Å². The molecule has 2 heterocycles. The zero-order valence-electron chi connectivity index (χ0n) is 20.5. The molecule has 0 radical (unpaired) electrons. The quantitative estimate of drug-likeness (QED) is 0.616. The molecular formula is C24H31F4N5O2. The lowest BCUT2D eigenvalue weighted by atomic mass is 9.86. The molecule has 2 N–H and O–H groups in total. The molecule has 0 saturated heterocycles. The third-order valence-electron chi connectivity index (χ3n) is 5.92. The second kappa shape index (κ2) is 9.96. The number of hydrogen-bond acceptors (Lipinski definition) is 4. The Morgan fingerprint density at radius 1 is 1.17 bits per heavy atom. The number of amides is 2. The lowest BCUT2D eigenvalue weighted by molar-refractivity contribution is -0.137. The first-order chi connectivity index (χ1) is 16.2. The molecule has 1 aliphatic heterocycles. The molecule has 2 aromatic rings. The van der Waals surface area contributed by atoms with Gasteiger partial charge in [-0.1, -0.05) is 20.8 Å². The Bertz CT molecular complexity index is 1100. The van der Waals surface area contributed by atoms with Crippen LogP contribution in [0.15, 0.2) is 18.2 Å². The molecule has 0 fully saturated rings. The molecule has 2 amide bonds. The number of alkyl halides is 3. The molecule has 3 rings (SSSR count). The first-order valence-electron chi connectivity index (χ1n) is 11.5. The maximum atomic E-state index is 14.8. The van der Waals surface area contributed by atoms with Crippen molar-refractivity contribution in [2.75, 3.05) is 20.1 Å². The summed E-state index contributed by atoms with van der Waals surface area (Å²) in [7, 11) is 1.85. The summed E-state index contributed by atoms with van der Waals surface area (Å²) in [6.07, 6.45) is -4.03. The number of benzene rings is 1. The van der Waals surface area contributed by atoms with Crippen molar-refractivity contribution in [3.05, 3.63) is 41.0 Å². The van der Waals surface area contributed by atoms with E-state index in [0.717, 1.165) is 6.07 Å². The zero-order chi connectivity index (χ0) is 26.1. The van der Waals surface area contributed by atoms with E-state index in [0.29, 0.717) is 43.9 Å². The van der Waals surface area contributed by atoms with Crippen molar-refractivity contribution in [2.24, 2.45) is 5.41 Å². The van der Waals surface area contributed by atoms with Gasteiger partial charge >= 0.3 is 6.18 Å². The van der Waals surface area contributed by atoms with Crippen molar-refractivity contribution in [1.82, 2.24) is 25.1 Å². The van der Waals surface area contributed by atoms with Gasteiger partial charge in [0.1, 0.15) is 17.7 Å². The van der Waals surface area contributed by atoms with Gasteiger partial charge in [-0.05, 0) is 50.6 Å². The molecule has 192 valence electrons. The van der Waals surface area contributed by atoms with Gasteiger partial charge in [0.05, 0.1) is 16.8 Å². The van der Waals surface area contributed by atoms with Crippen molar-refractivity contribution in [2.45, 2.75) is 59.4 Å². The van der Waals surface area contributed by atoms with Crippen molar-refractivity contribution in [3.8, 4) is 11.4 Å². The molecule has 0 saturated carbocycles. The Morgan fingerprint density at radius 3 is 2.46 bits per heavy atom. The Kier molecular flexibility index (Phi) is 7.59. The number of imidazole rings is 1. The Labute approximate surface area is 201 Å². The van der Waals surface area contributed by atoms with Gasteiger partial charge in [0, 0.05) is 19.6 Å². The van der Waals surface area contributed by atoms with Crippen LogP contribution in [0, 0.1) is 11.2 Å². The van der Waals surface area contributed by atoms with Crippen LogP contribution in [0.5, 0.6) is 0 Å². The van der Waals surface area contributed by atoms with Gasteiger partial charge in [-0.3, -0.25) is 9.59 Å². The zero-order valence-corrected chi connectivity index (χ0v) is 20.5. The maximum Gasteiger partial charge on any atom is 0.416 e. The highest BCUT2D eigenvalue weighted by molar-refractivity contribution is 5.98. The van der Waals surface area contributed by atoms with Crippen molar-refractivity contribution >= 4 is 11.8 Å². The summed E-state index contributed by atoms with van der Waals surface area (Å²) < 4.78 is 56.4. The van der Waals surface area contributed by atoms with Crippen LogP contribution in [-0.4, -0.2) is 52.4 Å². The molecule has 1 aromatic carbocycles. The highest BCUT2D eigenvalue weighted by Crippen LogP contribution is 2.35. The highest BCUT2D eigenvalue weighted by Gasteiger charge is 2.36. The van der Waals surface area contributed by atoms with Crippen LogP contribution < -0.4 is 10.6 Å². The Balaban J connectivity index is 2.12. The number of fused-ring (bicyclic) bond motifs is 1. The summed E-state index contributed by atoms with van der Waals surface area (Å²) in [5.74, 6) is -1.92. The standard InChI is InChI=1S/C24H31F4N5O2/c1-6-29-22(35)19(23(2,3)4)31-21(34)18-17-13-32(5)10-7-11-33(17)20(30-18)15-12-14(24(26,27)28)8-9-16(15)25/h8-9,12,19H,6-7,10-11,13H2,1-5H3,(H,29,35)(H,31,34)/t19-/m1/s1. The number of aromatic nitrogens is 2. The SMILES string of the molecule is CCNC(=O)[C@@H](NC(=O)c1nc(-c2cc(C(F)(F)F)ccc2F)n2c1CN(C)CCC2)C(C)(C)C. The van der Waals surface area contributed by atoms with E-state index in [-0.39, 0.29) is 29.5 Å². The van der Waals surface area contributed by atoms with Crippen LogP contribution in [0.3, 0.4) is 0 Å². The maximum absolute atomic E-state index is 14.8. The molecule has 35 heavy (non-hydrogen) atoms. The van der Waals surface area contributed by atoms with Crippen molar-refractivity contribution in [3.63, 3.8) is 0 Å². The number of nitrogens with one attached hydrogen (secondary N) is 2. The Morgan fingerprint density at radius 2 is 1.86 bits per heavy atom. The minimum absolute atomic E-state index is 0.0379. The fraction of sp³-hybridized carbons (Fsp3) is 0.542. The summed E-state index contributed by atoms with van der Waals surface area (Å²) >= 11 is 0. The summed E-state index contributed by atoms with van der Waals surface area (Å²) in [5, 5.41) is 5.44. The molecule has 7 nitrogen and oxygen atoms in total. The average Bonchev–Trinajstić information content (AvgIpc) is 2.96. The van der Waals surface area contributed by atoms with E-state index in [1.807, 2.05) is 11.9 Å². The number of hydrogen-bond donors (Lipinski definition) is 2. The summed E-state index contributed by atoms with van der Waals surface area (Å²) in [5.41, 5.74) is -1.55. The van der Waals surface area contributed by atoms with Gasteiger partial charge in [-0.15, -0.1) is 0 Å². The predicted molar refractivity (Wildman–Crippen MR) is 123 cm³/mol. The monoisotopic (exact) mass is 497 g/mol. The Hall–Kier alpha value is -2.95. The summed E-state index contributed by atoms with van der Waals surface area (Å²) in [6, 6.07) is 1.26. The first-order valence-corrected chi connectivity index (χ1v) is 11.5. The average molecular weight is 498 g/mol. The van der Waals surface area contributed by atoms with E-state index in [1.54, 1.807) is 32.3 Å². The molecule has 1 atom stereocenters. The second-order valence-electron chi connectivity index (χ2n) is 9.83. The van der Waals surface area contributed by atoms with Gasteiger partial charge < -0.3 is 20.1 Å². The second-order valence-corrected chi connectivity index (χ2v) is 9.83. The third-order valence-corrected chi connectivity index (χ3v) is 5.92. The smallest absolute Gasteiger partial charge is 0.355 e. The van der Waals surface area contributed by atoms with Crippen molar-refractivity contribution in [1.29, 1.82) is 0 Å². The molecule has 1 aliphatic rings. The van der Waals surface area contributed by atoms with E-state index >= 15 is 0 Å². The summed E-state index contributed by atoms with van der Waals surface area (Å²) in [6.45, 7) is 8.87. The fourth-order valence-corrected chi connectivity index (χ4v) is 4.13. The summed E-state index contributed by atoms with van der Waals surface area (Å²) in [4.78, 5) is 32.3. The van der Waals surface area contributed by atoms with Gasteiger partial charge in [0.15, 0.2) is 5.69 Å². The minimum Gasteiger partial charge on any atom is -0.355 e. The van der Waals surface area contributed by atoms with E-state index < -0.39 is 34.9 Å². The number of carbonyl (C=O) groups excluding carboxylic acids is 2. The third kappa shape index (κ3) is 5.83. The van der Waals surface area contributed by atoms with E-state index in [4.69, 9.17) is 0 Å². The lowest BCUT2D eigenvalue weighted by Gasteiger charge is -2.30. The van der Waals surface area contributed by atoms with E-state index in [2.05, 4.69) is 15.6 Å². The van der Waals surface area contributed by atoms with Crippen LogP contribution in [0.4, 0.5) is 17.6 Å². The van der Waals surface area contributed by atoms with Gasteiger partial charge in [-0.25, -0.2) is 9.37 Å². The highest BCUT2D eigenvalue weighted by atomic mass is 19.4. The minimum atomic E-state index is -4.66. The molecular weight excluding hydrogens is 466 g/mol. The number of rotatable bonds is 5. The van der Waals surface area contributed by atoms with Crippen molar-refractivity contribution < 1.29 is 27.2 Å².